The molecule has 0 saturated carbocycles. The van der Waals surface area contributed by atoms with Crippen molar-refractivity contribution in [3.63, 3.8) is 0 Å². The molecule has 138 valence electrons. The van der Waals surface area contributed by atoms with Gasteiger partial charge in [0.25, 0.3) is 0 Å². The summed E-state index contributed by atoms with van der Waals surface area (Å²) < 4.78 is 10.6. The number of benzene rings is 2. The van der Waals surface area contributed by atoms with E-state index in [2.05, 4.69) is 5.32 Å². The number of hydrogen-bond donors (Lipinski definition) is 2. The summed E-state index contributed by atoms with van der Waals surface area (Å²) in [7, 11) is 2.98. The van der Waals surface area contributed by atoms with Gasteiger partial charge in [-0.2, -0.15) is 0 Å². The van der Waals surface area contributed by atoms with Crippen LogP contribution in [0.3, 0.4) is 0 Å². The number of ether oxygens (including phenoxy) is 2. The van der Waals surface area contributed by atoms with Gasteiger partial charge in [0.15, 0.2) is 0 Å². The fourth-order valence-electron chi connectivity index (χ4n) is 2.86. The van der Waals surface area contributed by atoms with Gasteiger partial charge in [-0.25, -0.2) is 0 Å². The van der Waals surface area contributed by atoms with Crippen LogP contribution in [0.4, 0.5) is 5.69 Å². The molecule has 2 aromatic rings. The van der Waals surface area contributed by atoms with E-state index in [1.54, 1.807) is 18.2 Å². The molecule has 0 spiro atoms. The number of carbonyl (C=O) groups is 2. The van der Waals surface area contributed by atoms with Crippen molar-refractivity contribution in [2.45, 2.75) is 19.3 Å². The monoisotopic (exact) mass is 357 g/mol. The average Bonchev–Trinajstić information content (AvgIpc) is 2.66. The summed E-state index contributed by atoms with van der Waals surface area (Å²) in [6.07, 6.45) is -0.278. The zero-order chi connectivity index (χ0) is 19.1. The number of hydrogen-bond acceptors (Lipinski definition) is 4. The largest absolute Gasteiger partial charge is 0.494 e. The number of aliphatic carboxylic acids is 1. The summed E-state index contributed by atoms with van der Waals surface area (Å²) in [6.45, 7) is 1.85. The van der Waals surface area contributed by atoms with Crippen molar-refractivity contribution >= 4 is 17.6 Å². The van der Waals surface area contributed by atoms with Crippen molar-refractivity contribution in [1.29, 1.82) is 0 Å². The Morgan fingerprint density at radius 1 is 1.00 bits per heavy atom. The second kappa shape index (κ2) is 8.89. The van der Waals surface area contributed by atoms with Gasteiger partial charge in [0.1, 0.15) is 17.2 Å². The fraction of sp³-hybridized carbons (Fsp3) is 0.300. The molecule has 26 heavy (non-hydrogen) atoms. The number of carboxylic acids is 1. The van der Waals surface area contributed by atoms with E-state index in [4.69, 9.17) is 9.47 Å². The molecule has 2 N–H and O–H groups in total. The first-order chi connectivity index (χ1) is 12.5. The van der Waals surface area contributed by atoms with Crippen LogP contribution in [0.15, 0.2) is 48.5 Å². The third-order valence-electron chi connectivity index (χ3n) is 4.34. The Bertz CT molecular complexity index is 738. The molecule has 1 amide bonds. The molecule has 0 aliphatic rings. The van der Waals surface area contributed by atoms with Gasteiger partial charge in [-0.05, 0) is 23.6 Å². The van der Waals surface area contributed by atoms with E-state index >= 15 is 0 Å². The highest BCUT2D eigenvalue weighted by molar-refractivity contribution is 5.97. The zero-order valence-electron chi connectivity index (χ0n) is 15.1. The molecular formula is C20H23NO5. The summed E-state index contributed by atoms with van der Waals surface area (Å²) in [5, 5.41) is 12.1. The van der Waals surface area contributed by atoms with Crippen LogP contribution in [0.1, 0.15) is 24.8 Å². The lowest BCUT2D eigenvalue weighted by Crippen LogP contribution is -2.29. The summed E-state index contributed by atoms with van der Waals surface area (Å²) in [5.41, 5.74) is 1.29. The molecule has 0 saturated heterocycles. The van der Waals surface area contributed by atoms with Crippen LogP contribution in [0, 0.1) is 5.92 Å². The first kappa shape index (κ1) is 19.3. The molecule has 6 nitrogen and oxygen atoms in total. The standard InChI is InChI=1S/C20H23NO5/c1-13(14-8-5-4-6-9-14)15(12-18(22)23)20(24)21-19-16(25-2)10-7-11-17(19)26-3/h4-11,13,15H,12H2,1-3H3,(H,21,24)(H,22,23). The Labute approximate surface area is 152 Å². The summed E-state index contributed by atoms with van der Waals surface area (Å²) in [5.74, 6) is -1.55. The van der Waals surface area contributed by atoms with Gasteiger partial charge < -0.3 is 19.9 Å². The number of amides is 1. The molecule has 0 bridgehead atoms. The Kier molecular flexibility index (Phi) is 6.60. The van der Waals surface area contributed by atoms with E-state index in [9.17, 15) is 14.7 Å². The lowest BCUT2D eigenvalue weighted by atomic mass is 9.84. The van der Waals surface area contributed by atoms with Gasteiger partial charge in [-0.15, -0.1) is 0 Å². The summed E-state index contributed by atoms with van der Waals surface area (Å²) in [6, 6.07) is 14.5. The van der Waals surface area contributed by atoms with Crippen molar-refractivity contribution in [3.05, 3.63) is 54.1 Å². The van der Waals surface area contributed by atoms with Gasteiger partial charge in [-0.3, -0.25) is 9.59 Å². The summed E-state index contributed by atoms with van der Waals surface area (Å²) in [4.78, 5) is 24.2. The fourth-order valence-corrected chi connectivity index (χ4v) is 2.86. The van der Waals surface area contributed by atoms with Crippen molar-refractivity contribution < 1.29 is 24.2 Å². The van der Waals surface area contributed by atoms with Crippen LogP contribution in [0.5, 0.6) is 11.5 Å². The van der Waals surface area contributed by atoms with E-state index in [1.807, 2.05) is 37.3 Å². The molecule has 0 aliphatic carbocycles. The number of carboxylic acid groups (broad SMARTS) is 1. The molecule has 0 aromatic heterocycles. The number of rotatable bonds is 8. The lowest BCUT2D eigenvalue weighted by Gasteiger charge is -2.23. The predicted molar refractivity (Wildman–Crippen MR) is 98.8 cm³/mol. The molecule has 2 rings (SSSR count). The van der Waals surface area contributed by atoms with Crippen LogP contribution in [-0.2, 0) is 9.59 Å². The first-order valence-corrected chi connectivity index (χ1v) is 8.26. The number of methoxy groups -OCH3 is 2. The zero-order valence-corrected chi connectivity index (χ0v) is 15.1. The third kappa shape index (κ3) is 4.53. The molecule has 0 heterocycles. The quantitative estimate of drug-likeness (QED) is 0.755. The van der Waals surface area contributed by atoms with Crippen LogP contribution >= 0.6 is 0 Å². The average molecular weight is 357 g/mol. The van der Waals surface area contributed by atoms with Gasteiger partial charge in [0.05, 0.1) is 26.6 Å². The Balaban J connectivity index is 2.32. The van der Waals surface area contributed by atoms with E-state index in [-0.39, 0.29) is 12.3 Å². The molecular weight excluding hydrogens is 334 g/mol. The topological polar surface area (TPSA) is 84.9 Å². The maximum atomic E-state index is 12.9. The number of para-hydroxylation sites is 1. The number of carbonyl (C=O) groups excluding carboxylic acids is 1. The van der Waals surface area contributed by atoms with Crippen LogP contribution in [0.25, 0.3) is 0 Å². The van der Waals surface area contributed by atoms with Crippen LogP contribution < -0.4 is 14.8 Å². The maximum absolute atomic E-state index is 12.9. The minimum atomic E-state index is -1.03. The minimum absolute atomic E-state index is 0.270. The third-order valence-corrected chi connectivity index (χ3v) is 4.34. The number of nitrogens with one attached hydrogen (secondary N) is 1. The van der Waals surface area contributed by atoms with Crippen molar-refractivity contribution in [2.75, 3.05) is 19.5 Å². The Morgan fingerprint density at radius 2 is 1.58 bits per heavy atom. The van der Waals surface area contributed by atoms with E-state index in [0.29, 0.717) is 17.2 Å². The SMILES string of the molecule is COc1cccc(OC)c1NC(=O)C(CC(=O)O)C(C)c1ccccc1. The molecule has 0 fully saturated rings. The maximum Gasteiger partial charge on any atom is 0.304 e. The second-order valence-electron chi connectivity index (χ2n) is 5.93. The van der Waals surface area contributed by atoms with Crippen LogP contribution in [0.2, 0.25) is 0 Å². The van der Waals surface area contributed by atoms with Crippen LogP contribution in [-0.4, -0.2) is 31.2 Å². The van der Waals surface area contributed by atoms with Gasteiger partial charge in [-0.1, -0.05) is 43.3 Å². The lowest BCUT2D eigenvalue weighted by molar-refractivity contribution is -0.140. The molecule has 2 atom stereocenters. The Hall–Kier alpha value is -3.02. The smallest absolute Gasteiger partial charge is 0.304 e. The highest BCUT2D eigenvalue weighted by Crippen LogP contribution is 2.36. The molecule has 0 radical (unpaired) electrons. The molecule has 0 aliphatic heterocycles. The van der Waals surface area contributed by atoms with Gasteiger partial charge >= 0.3 is 5.97 Å². The van der Waals surface area contributed by atoms with Crippen molar-refractivity contribution in [3.8, 4) is 11.5 Å². The normalized spacial score (nSPS) is 12.7. The van der Waals surface area contributed by atoms with E-state index in [1.165, 1.54) is 14.2 Å². The molecule has 2 aromatic carbocycles. The number of anilines is 1. The molecule has 2 unspecified atom stereocenters. The highest BCUT2D eigenvalue weighted by atomic mass is 16.5. The highest BCUT2D eigenvalue weighted by Gasteiger charge is 2.30. The second-order valence-corrected chi connectivity index (χ2v) is 5.93. The molecule has 6 heteroatoms. The minimum Gasteiger partial charge on any atom is -0.494 e. The van der Waals surface area contributed by atoms with E-state index in [0.717, 1.165) is 5.56 Å². The van der Waals surface area contributed by atoms with Crippen molar-refractivity contribution in [1.82, 2.24) is 0 Å². The first-order valence-electron chi connectivity index (χ1n) is 8.26. The predicted octanol–water partition coefficient (Wildman–Crippen LogP) is 3.54. The van der Waals surface area contributed by atoms with Crippen molar-refractivity contribution in [2.24, 2.45) is 5.92 Å². The van der Waals surface area contributed by atoms with Gasteiger partial charge in [0.2, 0.25) is 5.91 Å². The Morgan fingerprint density at radius 3 is 2.08 bits per heavy atom. The van der Waals surface area contributed by atoms with E-state index < -0.39 is 17.8 Å². The summed E-state index contributed by atoms with van der Waals surface area (Å²) >= 11 is 0. The van der Waals surface area contributed by atoms with Gasteiger partial charge in [0, 0.05) is 0 Å².